The Labute approximate surface area is 195 Å². The minimum absolute atomic E-state index is 0. The largest absolute Gasteiger partial charge is 1.00 e. The molecular formula is C8H9Na3O12. The van der Waals surface area contributed by atoms with Gasteiger partial charge >= 0.3 is 94.6 Å². The number of aliphatic hydroxyl groups excluding tert-OH is 4. The maximum Gasteiger partial charge on any atom is 1.00 e. The van der Waals surface area contributed by atoms with Crippen molar-refractivity contribution in [3.63, 3.8) is 0 Å². The van der Waals surface area contributed by atoms with Crippen LogP contribution in [0.5, 0.6) is 0 Å². The number of rotatable bonds is 6. The van der Waals surface area contributed by atoms with Gasteiger partial charge in [-0.25, -0.2) is 4.79 Å². The van der Waals surface area contributed by atoms with E-state index in [2.05, 4.69) is 0 Å². The Morgan fingerprint density at radius 3 is 0.826 bits per heavy atom. The van der Waals surface area contributed by atoms with E-state index in [9.17, 15) is 34.5 Å². The zero-order valence-corrected chi connectivity index (χ0v) is 18.4. The minimum Gasteiger partial charge on any atom is -0.547 e. The molecular weight excluding hydrogens is 357 g/mol. The van der Waals surface area contributed by atoms with Gasteiger partial charge in [0.1, 0.15) is 18.3 Å². The Bertz CT molecular complexity index is 317. The summed E-state index contributed by atoms with van der Waals surface area (Å²) in [5.41, 5.74) is 0. The molecule has 4 unspecified atom stereocenters. The van der Waals surface area contributed by atoms with Crippen LogP contribution >= 0.6 is 0 Å². The van der Waals surface area contributed by atoms with E-state index in [1.807, 2.05) is 0 Å². The van der Waals surface area contributed by atoms with Crippen molar-refractivity contribution in [3.8, 4) is 0 Å². The molecule has 0 aromatic rings. The fourth-order valence-corrected chi connectivity index (χ4v) is 0.522. The quantitative estimate of drug-likeness (QED) is 0.275. The summed E-state index contributed by atoms with van der Waals surface area (Å²) in [6.07, 6.45) is -9.59. The van der Waals surface area contributed by atoms with Gasteiger partial charge in [-0.3, -0.25) is 0 Å². The van der Waals surface area contributed by atoms with Crippen LogP contribution < -0.4 is 104 Å². The van der Waals surface area contributed by atoms with E-state index < -0.39 is 48.3 Å². The monoisotopic (exact) mass is 366 g/mol. The SMILES string of the molecule is O=C([O-])C(O)C(O)C(=O)O.O=C([O-])C(O)C(O)C(=O)[O-].[Na+].[Na+].[Na+]. The average molecular weight is 366 g/mol. The Morgan fingerprint density at radius 1 is 0.565 bits per heavy atom. The molecule has 0 fully saturated rings. The molecule has 0 aromatic carbocycles. The van der Waals surface area contributed by atoms with Crippen LogP contribution in [0.25, 0.3) is 0 Å². The van der Waals surface area contributed by atoms with E-state index in [1.54, 1.807) is 0 Å². The standard InChI is InChI=1S/2C4H6O6.3Na/c2*5-1(3(7)8)2(6)4(9)10;;;/h2*1-2,5-6H,(H,7,8)(H,9,10);;;/q;;3*+1/p-3. The minimum atomic E-state index is -2.44. The number of carbonyl (C=O) groups is 4. The van der Waals surface area contributed by atoms with Gasteiger partial charge in [0.25, 0.3) is 0 Å². The van der Waals surface area contributed by atoms with Crippen LogP contribution in [0.1, 0.15) is 0 Å². The Balaban J connectivity index is -0.0000000831. The molecule has 0 saturated heterocycles. The first-order chi connectivity index (χ1) is 8.93. The smallest absolute Gasteiger partial charge is 0.547 e. The molecule has 0 rings (SSSR count). The molecule has 0 radical (unpaired) electrons. The molecule has 0 spiro atoms. The van der Waals surface area contributed by atoms with Gasteiger partial charge in [-0.05, 0) is 0 Å². The van der Waals surface area contributed by atoms with Crippen molar-refractivity contribution >= 4 is 23.9 Å². The van der Waals surface area contributed by atoms with Crippen LogP contribution in [0.4, 0.5) is 0 Å². The molecule has 0 aliphatic carbocycles. The first-order valence-corrected chi connectivity index (χ1v) is 4.51. The fourth-order valence-electron chi connectivity index (χ4n) is 0.522. The zero-order valence-electron chi connectivity index (χ0n) is 12.4. The van der Waals surface area contributed by atoms with Crippen molar-refractivity contribution in [1.82, 2.24) is 0 Å². The van der Waals surface area contributed by atoms with E-state index in [4.69, 9.17) is 25.5 Å². The van der Waals surface area contributed by atoms with E-state index in [0.717, 1.165) is 0 Å². The van der Waals surface area contributed by atoms with Crippen LogP contribution in [0.15, 0.2) is 0 Å². The van der Waals surface area contributed by atoms with Crippen molar-refractivity contribution in [1.29, 1.82) is 0 Å². The van der Waals surface area contributed by atoms with Gasteiger partial charge in [-0.1, -0.05) is 0 Å². The molecule has 0 aliphatic heterocycles. The summed E-state index contributed by atoms with van der Waals surface area (Å²) < 4.78 is 0. The van der Waals surface area contributed by atoms with Crippen molar-refractivity contribution in [3.05, 3.63) is 0 Å². The number of carboxylic acids is 4. The second kappa shape index (κ2) is 17.5. The third-order valence-electron chi connectivity index (χ3n) is 1.58. The predicted molar refractivity (Wildman–Crippen MR) is 46.7 cm³/mol. The summed E-state index contributed by atoms with van der Waals surface area (Å²) >= 11 is 0. The Hall–Kier alpha value is 0.720. The number of hydrogen-bond donors (Lipinski definition) is 5. The predicted octanol–water partition coefficient (Wildman–Crippen LogP) is -17.2. The molecule has 0 amide bonds. The van der Waals surface area contributed by atoms with Crippen molar-refractivity contribution in [2.75, 3.05) is 0 Å². The van der Waals surface area contributed by atoms with Crippen molar-refractivity contribution < 1.29 is 149 Å². The van der Waals surface area contributed by atoms with Gasteiger partial charge in [0.2, 0.25) is 0 Å². The third kappa shape index (κ3) is 16.0. The van der Waals surface area contributed by atoms with E-state index in [0.29, 0.717) is 0 Å². The van der Waals surface area contributed by atoms with Crippen molar-refractivity contribution in [2.45, 2.75) is 24.4 Å². The van der Waals surface area contributed by atoms with Crippen LogP contribution in [-0.4, -0.2) is 73.8 Å². The van der Waals surface area contributed by atoms with Crippen LogP contribution in [-0.2, 0) is 19.2 Å². The topological polar surface area (TPSA) is 239 Å². The van der Waals surface area contributed by atoms with Gasteiger partial charge in [0.05, 0.1) is 17.9 Å². The molecule has 116 valence electrons. The fraction of sp³-hybridized carbons (Fsp3) is 0.500. The molecule has 4 atom stereocenters. The van der Waals surface area contributed by atoms with E-state index in [1.165, 1.54) is 0 Å². The molecule has 0 saturated carbocycles. The van der Waals surface area contributed by atoms with Crippen LogP contribution in [0.2, 0.25) is 0 Å². The van der Waals surface area contributed by atoms with E-state index in [-0.39, 0.29) is 88.7 Å². The number of aliphatic carboxylic acids is 4. The number of aliphatic hydroxyl groups is 4. The average Bonchev–Trinajstić information content (AvgIpc) is 2.35. The first-order valence-electron chi connectivity index (χ1n) is 4.51. The maximum atomic E-state index is 9.74. The van der Waals surface area contributed by atoms with Gasteiger partial charge < -0.3 is 55.2 Å². The molecule has 0 aliphatic rings. The molecule has 0 bridgehead atoms. The maximum absolute atomic E-state index is 9.74. The molecule has 5 N–H and O–H groups in total. The van der Waals surface area contributed by atoms with Gasteiger partial charge in [0.15, 0.2) is 6.10 Å². The molecule has 0 heterocycles. The molecule has 0 aromatic heterocycles. The van der Waals surface area contributed by atoms with Crippen LogP contribution in [0.3, 0.4) is 0 Å². The zero-order chi connectivity index (χ0) is 16.6. The number of carboxylic acid groups (broad SMARTS) is 4. The normalized spacial score (nSPS) is 13.7. The second-order valence-corrected chi connectivity index (χ2v) is 3.07. The van der Waals surface area contributed by atoms with Gasteiger partial charge in [-0.15, -0.1) is 0 Å². The number of hydrogen-bond acceptors (Lipinski definition) is 11. The summed E-state index contributed by atoms with van der Waals surface area (Å²) in [6.45, 7) is 0. The molecule has 12 nitrogen and oxygen atoms in total. The molecule has 15 heteroatoms. The summed E-state index contributed by atoms with van der Waals surface area (Å²) in [4.78, 5) is 38.7. The summed E-state index contributed by atoms with van der Waals surface area (Å²) in [5.74, 6) is -7.94. The first kappa shape index (κ1) is 34.9. The van der Waals surface area contributed by atoms with Gasteiger partial charge in [-0.2, -0.15) is 0 Å². The van der Waals surface area contributed by atoms with E-state index >= 15 is 0 Å². The summed E-state index contributed by atoms with van der Waals surface area (Å²) in [6, 6.07) is 0. The third-order valence-corrected chi connectivity index (χ3v) is 1.58. The number of carbonyl (C=O) groups excluding carboxylic acids is 3. The van der Waals surface area contributed by atoms with Gasteiger partial charge in [0, 0.05) is 0 Å². The Morgan fingerprint density at radius 2 is 0.739 bits per heavy atom. The van der Waals surface area contributed by atoms with Crippen molar-refractivity contribution in [2.24, 2.45) is 0 Å². The summed E-state index contributed by atoms with van der Waals surface area (Å²) in [7, 11) is 0. The van der Waals surface area contributed by atoms with Crippen LogP contribution in [0, 0.1) is 0 Å². The second-order valence-electron chi connectivity index (χ2n) is 3.07. The Kier molecular flexibility index (Phi) is 26.6. The molecule has 23 heavy (non-hydrogen) atoms. The summed E-state index contributed by atoms with van der Waals surface area (Å²) in [5, 5.41) is 69.9.